The van der Waals surface area contributed by atoms with Crippen LogP contribution < -0.4 is 0 Å². The lowest BCUT2D eigenvalue weighted by Crippen LogP contribution is -2.44. The third-order valence-electron chi connectivity index (χ3n) is 3.92. The van der Waals surface area contributed by atoms with Crippen LogP contribution in [-0.2, 0) is 4.79 Å². The molecule has 0 bridgehead atoms. The molecule has 0 spiro atoms. The minimum Gasteiger partial charge on any atom is -0.298 e. The fourth-order valence-corrected chi connectivity index (χ4v) is 3.83. The van der Waals surface area contributed by atoms with Gasteiger partial charge in [0.25, 0.3) is 0 Å². The molecule has 1 unspecified atom stereocenters. The summed E-state index contributed by atoms with van der Waals surface area (Å²) in [7, 11) is 0. The molecule has 1 aliphatic carbocycles. The quantitative estimate of drug-likeness (QED) is 0.757. The molecule has 1 aliphatic heterocycles. The van der Waals surface area contributed by atoms with E-state index in [1.807, 2.05) is 11.8 Å². The molecular weight excluding hydrogens is 218 g/mol. The maximum absolute atomic E-state index is 12.2. The Morgan fingerprint density at radius 1 is 1.31 bits per heavy atom. The fourth-order valence-electron chi connectivity index (χ4n) is 2.75. The molecular formula is C13H23NOS. The van der Waals surface area contributed by atoms with E-state index < -0.39 is 0 Å². The van der Waals surface area contributed by atoms with E-state index in [9.17, 15) is 4.79 Å². The van der Waals surface area contributed by atoms with Crippen molar-refractivity contribution >= 4 is 17.5 Å². The number of ketones is 1. The highest BCUT2D eigenvalue weighted by molar-refractivity contribution is 7.99. The summed E-state index contributed by atoms with van der Waals surface area (Å²) in [5, 5.41) is 0. The van der Waals surface area contributed by atoms with Crippen LogP contribution in [0.5, 0.6) is 0 Å². The topological polar surface area (TPSA) is 20.3 Å². The third-order valence-corrected chi connectivity index (χ3v) is 5.11. The second-order valence-corrected chi connectivity index (χ2v) is 6.35. The molecule has 3 heteroatoms. The highest BCUT2D eigenvalue weighted by Gasteiger charge is 2.26. The minimum atomic E-state index is 0.385. The van der Waals surface area contributed by atoms with E-state index in [0.717, 1.165) is 19.4 Å². The molecule has 1 saturated carbocycles. The van der Waals surface area contributed by atoms with Crippen molar-refractivity contribution in [3.63, 3.8) is 0 Å². The van der Waals surface area contributed by atoms with Gasteiger partial charge in [-0.1, -0.05) is 19.3 Å². The maximum Gasteiger partial charge on any atom is 0.149 e. The van der Waals surface area contributed by atoms with Crippen molar-refractivity contribution in [3.05, 3.63) is 0 Å². The van der Waals surface area contributed by atoms with Gasteiger partial charge in [-0.2, -0.15) is 11.8 Å². The zero-order chi connectivity index (χ0) is 11.4. The second-order valence-electron chi connectivity index (χ2n) is 5.20. The van der Waals surface area contributed by atoms with Crippen LogP contribution in [0.4, 0.5) is 0 Å². The van der Waals surface area contributed by atoms with E-state index in [2.05, 4.69) is 11.8 Å². The van der Waals surface area contributed by atoms with Gasteiger partial charge >= 0.3 is 0 Å². The summed E-state index contributed by atoms with van der Waals surface area (Å²) in [6.45, 7) is 4.07. The Morgan fingerprint density at radius 3 is 2.75 bits per heavy atom. The van der Waals surface area contributed by atoms with Gasteiger partial charge in [-0.05, 0) is 19.8 Å². The van der Waals surface area contributed by atoms with Crippen LogP contribution in [0.25, 0.3) is 0 Å². The summed E-state index contributed by atoms with van der Waals surface area (Å²) in [5.41, 5.74) is 0. The van der Waals surface area contributed by atoms with Crippen LogP contribution in [0.2, 0.25) is 0 Å². The average molecular weight is 241 g/mol. The van der Waals surface area contributed by atoms with Gasteiger partial charge in [0.2, 0.25) is 0 Å². The second kappa shape index (κ2) is 6.06. The summed E-state index contributed by atoms with van der Waals surface area (Å²) in [6.07, 6.45) is 6.16. The molecule has 0 aromatic rings. The molecule has 92 valence electrons. The van der Waals surface area contributed by atoms with Crippen molar-refractivity contribution in [3.8, 4) is 0 Å². The van der Waals surface area contributed by atoms with Gasteiger partial charge in [0.1, 0.15) is 5.78 Å². The Hall–Kier alpha value is -0.0200. The first-order valence-electron chi connectivity index (χ1n) is 6.62. The molecule has 1 saturated heterocycles. The van der Waals surface area contributed by atoms with Crippen LogP contribution in [0.15, 0.2) is 0 Å². The molecule has 1 heterocycles. The van der Waals surface area contributed by atoms with Crippen molar-refractivity contribution in [1.29, 1.82) is 0 Å². The van der Waals surface area contributed by atoms with Crippen LogP contribution in [-0.4, -0.2) is 41.3 Å². The third kappa shape index (κ3) is 3.24. The Bertz CT molecular complexity index is 238. The fraction of sp³-hybridized carbons (Fsp3) is 0.923. The molecule has 2 nitrogen and oxygen atoms in total. The van der Waals surface area contributed by atoms with Crippen molar-refractivity contribution in [2.24, 2.45) is 5.92 Å². The molecule has 0 N–H and O–H groups in total. The Kier molecular flexibility index (Phi) is 4.71. The van der Waals surface area contributed by atoms with Crippen molar-refractivity contribution in [1.82, 2.24) is 4.90 Å². The molecule has 0 radical (unpaired) electrons. The number of hydrogen-bond donors (Lipinski definition) is 0. The van der Waals surface area contributed by atoms with E-state index in [-0.39, 0.29) is 0 Å². The van der Waals surface area contributed by atoms with Crippen LogP contribution in [0.1, 0.15) is 39.0 Å². The largest absolute Gasteiger partial charge is 0.298 e. The SMILES string of the molecule is CC1CSCCN1CC(=O)C1CCCCC1. The molecule has 1 atom stereocenters. The number of carbonyl (C=O) groups is 1. The van der Waals surface area contributed by atoms with Gasteiger partial charge in [-0.25, -0.2) is 0 Å². The van der Waals surface area contributed by atoms with Crippen molar-refractivity contribution in [2.45, 2.75) is 45.1 Å². The van der Waals surface area contributed by atoms with Gasteiger partial charge in [0, 0.05) is 30.0 Å². The molecule has 2 rings (SSSR count). The molecule has 2 aliphatic rings. The Morgan fingerprint density at radius 2 is 2.06 bits per heavy atom. The van der Waals surface area contributed by atoms with Gasteiger partial charge in [-0.15, -0.1) is 0 Å². The van der Waals surface area contributed by atoms with Crippen LogP contribution in [0, 0.1) is 5.92 Å². The van der Waals surface area contributed by atoms with E-state index in [1.54, 1.807) is 0 Å². The van der Waals surface area contributed by atoms with Crippen molar-refractivity contribution < 1.29 is 4.79 Å². The summed E-state index contributed by atoms with van der Waals surface area (Å²) < 4.78 is 0. The first kappa shape index (κ1) is 12.4. The normalized spacial score (nSPS) is 29.2. The van der Waals surface area contributed by atoms with E-state index in [1.165, 1.54) is 30.8 Å². The van der Waals surface area contributed by atoms with E-state index in [4.69, 9.17) is 0 Å². The zero-order valence-corrected chi connectivity index (χ0v) is 11.1. The highest BCUT2D eigenvalue weighted by Crippen LogP contribution is 2.25. The molecule has 0 aromatic carbocycles. The molecule has 0 aromatic heterocycles. The number of Topliss-reactive ketones (excluding diaryl/α,β-unsaturated/α-hetero) is 1. The molecule has 0 amide bonds. The number of nitrogens with zero attached hydrogens (tertiary/aromatic N) is 1. The average Bonchev–Trinajstić information content (AvgIpc) is 2.33. The summed E-state index contributed by atoms with van der Waals surface area (Å²) >= 11 is 2.02. The lowest BCUT2D eigenvalue weighted by molar-refractivity contribution is -0.125. The van der Waals surface area contributed by atoms with Crippen molar-refractivity contribution in [2.75, 3.05) is 24.6 Å². The van der Waals surface area contributed by atoms with Gasteiger partial charge < -0.3 is 0 Å². The van der Waals surface area contributed by atoms with Gasteiger partial charge in [-0.3, -0.25) is 9.69 Å². The highest BCUT2D eigenvalue weighted by atomic mass is 32.2. The Balaban J connectivity index is 1.80. The summed E-state index contributed by atoms with van der Waals surface area (Å²) in [5.74, 6) is 3.29. The lowest BCUT2D eigenvalue weighted by Gasteiger charge is -2.33. The van der Waals surface area contributed by atoms with Crippen LogP contribution >= 0.6 is 11.8 Å². The molecule has 16 heavy (non-hydrogen) atoms. The van der Waals surface area contributed by atoms with Gasteiger partial charge in [0.15, 0.2) is 0 Å². The monoisotopic (exact) mass is 241 g/mol. The van der Waals surface area contributed by atoms with Gasteiger partial charge in [0.05, 0.1) is 6.54 Å². The first-order chi connectivity index (χ1) is 7.77. The number of thioether (sulfide) groups is 1. The van der Waals surface area contributed by atoms with E-state index in [0.29, 0.717) is 24.3 Å². The predicted molar refractivity (Wildman–Crippen MR) is 69.9 cm³/mol. The van der Waals surface area contributed by atoms with Crippen LogP contribution in [0.3, 0.4) is 0 Å². The zero-order valence-electron chi connectivity index (χ0n) is 10.3. The maximum atomic E-state index is 12.2. The lowest BCUT2D eigenvalue weighted by atomic mass is 9.86. The van der Waals surface area contributed by atoms with E-state index >= 15 is 0 Å². The number of rotatable bonds is 3. The summed E-state index contributed by atoms with van der Waals surface area (Å²) in [6, 6.07) is 0.589. The number of hydrogen-bond acceptors (Lipinski definition) is 3. The minimum absolute atomic E-state index is 0.385. The Labute approximate surface area is 103 Å². The predicted octanol–water partition coefficient (Wildman–Crippen LogP) is 2.57. The summed E-state index contributed by atoms with van der Waals surface area (Å²) in [4.78, 5) is 14.5. The standard InChI is InChI=1S/C13H23NOS/c1-11-10-16-8-7-14(11)9-13(15)12-5-3-2-4-6-12/h11-12H,2-10H2,1H3. The number of carbonyl (C=O) groups excluding carboxylic acids is 1. The molecule has 2 fully saturated rings. The first-order valence-corrected chi connectivity index (χ1v) is 7.77. The smallest absolute Gasteiger partial charge is 0.149 e.